The first kappa shape index (κ1) is 8.61. The number of hydrogen-bond donors (Lipinski definition) is 0. The zero-order valence-electron chi connectivity index (χ0n) is 5.97. The zero-order valence-corrected chi connectivity index (χ0v) is 6.78. The molecule has 0 saturated carbocycles. The number of ether oxygens (including phenoxy) is 1. The Hall–Kier alpha value is -1.49. The smallest absolute Gasteiger partial charge is 0.269 e. The van der Waals surface area contributed by atoms with Crippen molar-refractivity contribution in [2.75, 3.05) is 0 Å². The van der Waals surface area contributed by atoms with Crippen LogP contribution in [0.3, 0.4) is 0 Å². The van der Waals surface area contributed by atoms with Gasteiger partial charge in [-0.15, -0.1) is 0 Å². The molecular formula is C7H5NO3S. The maximum Gasteiger partial charge on any atom is 0.269 e. The van der Waals surface area contributed by atoms with Gasteiger partial charge in [-0.05, 0) is 24.4 Å². The minimum Gasteiger partial charge on any atom is -0.454 e. The standard InChI is InChI=1S/C7H5NO3S/c9-8(10)6-1-3-7(4-2-6)11-5-12/h1-5H. The highest BCUT2D eigenvalue weighted by Gasteiger charge is 2.02. The predicted octanol–water partition coefficient (Wildman–Crippen LogP) is 1.93. The van der Waals surface area contributed by atoms with Crippen LogP contribution in [0.2, 0.25) is 0 Å². The number of non-ortho nitro benzene ring substituents is 1. The van der Waals surface area contributed by atoms with E-state index in [1.165, 1.54) is 24.3 Å². The average Bonchev–Trinajstić information content (AvgIpc) is 2.06. The largest absolute Gasteiger partial charge is 0.454 e. The second kappa shape index (κ2) is 3.77. The van der Waals surface area contributed by atoms with Gasteiger partial charge >= 0.3 is 0 Å². The SMILES string of the molecule is O=[N+]([O-])c1ccc(OC=S)cc1. The van der Waals surface area contributed by atoms with Crippen LogP contribution < -0.4 is 4.74 Å². The lowest BCUT2D eigenvalue weighted by atomic mass is 10.3. The van der Waals surface area contributed by atoms with E-state index >= 15 is 0 Å². The van der Waals surface area contributed by atoms with Crippen molar-refractivity contribution in [1.29, 1.82) is 0 Å². The molecule has 0 amide bonds. The summed E-state index contributed by atoms with van der Waals surface area (Å²) >= 11 is 4.44. The third-order valence-electron chi connectivity index (χ3n) is 1.23. The van der Waals surface area contributed by atoms with E-state index in [1.807, 2.05) is 0 Å². The highest BCUT2D eigenvalue weighted by Crippen LogP contribution is 2.16. The molecule has 1 aromatic rings. The molecule has 1 rings (SSSR count). The third-order valence-corrected chi connectivity index (χ3v) is 1.33. The molecule has 0 aliphatic heterocycles. The molecule has 0 fully saturated rings. The van der Waals surface area contributed by atoms with E-state index < -0.39 is 4.92 Å². The van der Waals surface area contributed by atoms with Crippen molar-refractivity contribution in [3.05, 3.63) is 34.4 Å². The second-order valence-corrected chi connectivity index (χ2v) is 2.16. The first-order valence-corrected chi connectivity index (χ1v) is 3.56. The van der Waals surface area contributed by atoms with Crippen molar-refractivity contribution < 1.29 is 9.66 Å². The van der Waals surface area contributed by atoms with E-state index in [9.17, 15) is 10.1 Å². The number of hydrogen-bond acceptors (Lipinski definition) is 4. The summed E-state index contributed by atoms with van der Waals surface area (Å²) < 4.78 is 4.81. The van der Waals surface area contributed by atoms with Crippen molar-refractivity contribution in [2.24, 2.45) is 0 Å². The fourth-order valence-electron chi connectivity index (χ4n) is 0.702. The van der Waals surface area contributed by atoms with Gasteiger partial charge in [0.25, 0.3) is 5.69 Å². The van der Waals surface area contributed by atoms with Gasteiger partial charge in [0.1, 0.15) is 5.75 Å². The summed E-state index contributed by atoms with van der Waals surface area (Å²) in [4.78, 5) is 9.74. The Bertz CT molecular complexity index is 296. The Kier molecular flexibility index (Phi) is 2.71. The fourth-order valence-corrected chi connectivity index (χ4v) is 0.813. The first-order valence-electron chi connectivity index (χ1n) is 3.09. The van der Waals surface area contributed by atoms with Crippen LogP contribution in [0, 0.1) is 10.1 Å². The Balaban J connectivity index is 2.85. The molecule has 4 nitrogen and oxygen atoms in total. The van der Waals surface area contributed by atoms with Crippen LogP contribution in [0.25, 0.3) is 0 Å². The minimum absolute atomic E-state index is 0.0340. The van der Waals surface area contributed by atoms with Crippen molar-refractivity contribution >= 4 is 23.5 Å². The number of nitro groups is 1. The topological polar surface area (TPSA) is 52.4 Å². The number of benzene rings is 1. The average molecular weight is 183 g/mol. The van der Waals surface area contributed by atoms with Gasteiger partial charge in [0, 0.05) is 12.1 Å². The number of nitrogens with zero attached hydrogens (tertiary/aromatic N) is 1. The van der Waals surface area contributed by atoms with Gasteiger partial charge in [0.05, 0.1) is 4.92 Å². The molecule has 0 aromatic heterocycles. The number of rotatable bonds is 3. The van der Waals surface area contributed by atoms with Crippen LogP contribution in [0.1, 0.15) is 0 Å². The summed E-state index contributed by atoms with van der Waals surface area (Å²) in [6.45, 7) is 0. The fraction of sp³-hybridized carbons (Fsp3) is 0. The number of nitro benzene ring substituents is 1. The predicted molar refractivity (Wildman–Crippen MR) is 47.4 cm³/mol. The summed E-state index contributed by atoms with van der Waals surface area (Å²) in [5.74, 6) is 0.496. The summed E-state index contributed by atoms with van der Waals surface area (Å²) in [6.07, 6.45) is 0. The van der Waals surface area contributed by atoms with Crippen LogP contribution >= 0.6 is 12.2 Å². The van der Waals surface area contributed by atoms with Crippen molar-refractivity contribution in [3.63, 3.8) is 0 Å². The van der Waals surface area contributed by atoms with Crippen LogP contribution in [-0.2, 0) is 0 Å². The van der Waals surface area contributed by atoms with Gasteiger partial charge in [0.15, 0.2) is 5.55 Å². The molecule has 1 aromatic carbocycles. The Morgan fingerprint density at radius 1 is 1.42 bits per heavy atom. The molecule has 5 heteroatoms. The van der Waals surface area contributed by atoms with Gasteiger partial charge in [-0.25, -0.2) is 0 Å². The Morgan fingerprint density at radius 2 is 2.00 bits per heavy atom. The van der Waals surface area contributed by atoms with Crippen molar-refractivity contribution in [3.8, 4) is 5.75 Å². The van der Waals surface area contributed by atoms with E-state index in [4.69, 9.17) is 4.74 Å². The molecule has 0 heterocycles. The molecule has 0 radical (unpaired) electrons. The molecule has 12 heavy (non-hydrogen) atoms. The van der Waals surface area contributed by atoms with E-state index in [2.05, 4.69) is 12.2 Å². The van der Waals surface area contributed by atoms with Gasteiger partial charge in [-0.1, -0.05) is 0 Å². The molecular weight excluding hydrogens is 178 g/mol. The van der Waals surface area contributed by atoms with Crippen LogP contribution in [0.4, 0.5) is 5.69 Å². The lowest BCUT2D eigenvalue weighted by molar-refractivity contribution is -0.384. The maximum atomic E-state index is 10.2. The van der Waals surface area contributed by atoms with Crippen LogP contribution in [0.15, 0.2) is 24.3 Å². The van der Waals surface area contributed by atoms with E-state index in [1.54, 1.807) is 0 Å². The Labute approximate surface area is 73.9 Å². The third kappa shape index (κ3) is 2.00. The van der Waals surface area contributed by atoms with Gasteiger partial charge in [-0.2, -0.15) is 0 Å². The van der Waals surface area contributed by atoms with Gasteiger partial charge < -0.3 is 4.74 Å². The summed E-state index contributed by atoms with van der Waals surface area (Å²) in [5.41, 5.74) is 1.13. The summed E-state index contributed by atoms with van der Waals surface area (Å²) in [5, 5.41) is 10.2. The monoisotopic (exact) mass is 183 g/mol. The first-order chi connectivity index (χ1) is 5.74. The molecule has 0 aliphatic rings. The lowest BCUT2D eigenvalue weighted by Crippen LogP contribution is -1.89. The van der Waals surface area contributed by atoms with Crippen molar-refractivity contribution in [2.45, 2.75) is 0 Å². The Morgan fingerprint density at radius 3 is 2.42 bits per heavy atom. The van der Waals surface area contributed by atoms with E-state index in [-0.39, 0.29) is 5.69 Å². The maximum absolute atomic E-state index is 10.2. The van der Waals surface area contributed by atoms with Gasteiger partial charge in [-0.3, -0.25) is 10.1 Å². The molecule has 0 aliphatic carbocycles. The normalized spacial score (nSPS) is 9.00. The highest BCUT2D eigenvalue weighted by molar-refractivity contribution is 7.78. The molecule has 0 N–H and O–H groups in total. The molecule has 0 saturated heterocycles. The zero-order chi connectivity index (χ0) is 8.97. The molecule has 0 unspecified atom stereocenters. The number of thiocarbonyl (C=S) groups is 1. The van der Waals surface area contributed by atoms with Crippen LogP contribution in [0.5, 0.6) is 5.75 Å². The van der Waals surface area contributed by atoms with E-state index in [0.29, 0.717) is 5.75 Å². The minimum atomic E-state index is -0.471. The molecule has 62 valence electrons. The second-order valence-electron chi connectivity index (χ2n) is 1.97. The molecule has 0 atom stereocenters. The van der Waals surface area contributed by atoms with Crippen molar-refractivity contribution in [1.82, 2.24) is 0 Å². The van der Waals surface area contributed by atoms with Gasteiger partial charge in [0.2, 0.25) is 0 Å². The lowest BCUT2D eigenvalue weighted by Gasteiger charge is -1.96. The molecule has 0 spiro atoms. The highest BCUT2D eigenvalue weighted by atomic mass is 32.1. The molecule has 0 bridgehead atoms. The quantitative estimate of drug-likeness (QED) is 0.408. The van der Waals surface area contributed by atoms with E-state index in [0.717, 1.165) is 5.55 Å². The summed E-state index contributed by atoms with van der Waals surface area (Å²) in [7, 11) is 0. The van der Waals surface area contributed by atoms with Crippen LogP contribution in [-0.4, -0.2) is 10.5 Å². The summed E-state index contributed by atoms with van der Waals surface area (Å²) in [6, 6.07) is 5.68.